The molecule has 1 aromatic heterocycles. The Balaban J connectivity index is 1.46. The quantitative estimate of drug-likeness (QED) is 0.387. The summed E-state index contributed by atoms with van der Waals surface area (Å²) in [5, 5.41) is 6.73. The Labute approximate surface area is 175 Å². The van der Waals surface area contributed by atoms with Gasteiger partial charge in [0.25, 0.3) is 0 Å². The minimum absolute atomic E-state index is 0.471. The maximum atomic E-state index is 5.39. The summed E-state index contributed by atoms with van der Waals surface area (Å²) in [4.78, 5) is 9.80. The maximum absolute atomic E-state index is 5.39. The van der Waals surface area contributed by atoms with Crippen molar-refractivity contribution in [3.8, 4) is 0 Å². The third kappa shape index (κ3) is 6.91. The molecule has 29 heavy (non-hydrogen) atoms. The fraction of sp³-hybridized carbons (Fsp3) is 0.522. The second kappa shape index (κ2) is 11.6. The van der Waals surface area contributed by atoms with Gasteiger partial charge in [-0.15, -0.1) is 0 Å². The van der Waals surface area contributed by atoms with Crippen molar-refractivity contribution in [1.29, 1.82) is 0 Å². The third-order valence-electron chi connectivity index (χ3n) is 5.34. The van der Waals surface area contributed by atoms with Gasteiger partial charge in [-0.3, -0.25) is 9.89 Å². The van der Waals surface area contributed by atoms with Crippen LogP contribution in [0.1, 0.15) is 30.7 Å². The topological polar surface area (TPSA) is 56.0 Å². The van der Waals surface area contributed by atoms with Crippen molar-refractivity contribution in [2.24, 2.45) is 4.99 Å². The highest BCUT2D eigenvalue weighted by atomic mass is 16.3. The number of benzene rings is 1. The molecule has 0 amide bonds. The van der Waals surface area contributed by atoms with E-state index in [9.17, 15) is 0 Å². The summed E-state index contributed by atoms with van der Waals surface area (Å²) in [5.41, 5.74) is 1.41. The van der Waals surface area contributed by atoms with E-state index >= 15 is 0 Å². The molecule has 1 aliphatic rings. The predicted molar refractivity (Wildman–Crippen MR) is 119 cm³/mol. The molecule has 1 fully saturated rings. The second-order valence-electron chi connectivity index (χ2n) is 7.60. The van der Waals surface area contributed by atoms with Crippen LogP contribution >= 0.6 is 0 Å². The molecule has 0 aliphatic carbocycles. The lowest BCUT2D eigenvalue weighted by molar-refractivity contribution is 0.0894. The van der Waals surface area contributed by atoms with E-state index < -0.39 is 0 Å². The zero-order valence-corrected chi connectivity index (χ0v) is 17.8. The molecule has 2 N–H and O–H groups in total. The van der Waals surface area contributed by atoms with Crippen LogP contribution in [0.2, 0.25) is 0 Å². The van der Waals surface area contributed by atoms with Gasteiger partial charge in [0.15, 0.2) is 5.96 Å². The average Bonchev–Trinajstić information content (AvgIpc) is 3.26. The van der Waals surface area contributed by atoms with E-state index in [4.69, 9.17) is 9.41 Å². The van der Waals surface area contributed by atoms with Gasteiger partial charge < -0.3 is 20.0 Å². The Kier molecular flexibility index (Phi) is 8.58. The molecular weight excluding hydrogens is 362 g/mol. The number of hydrogen-bond donors (Lipinski definition) is 2. The Bertz CT molecular complexity index is 716. The number of nitrogens with one attached hydrogen (secondary N) is 2. The number of aliphatic imine (C=N–C) groups is 1. The first kappa shape index (κ1) is 21.4. The molecule has 158 valence electrons. The van der Waals surface area contributed by atoms with E-state index in [1.807, 2.05) is 12.1 Å². The average molecular weight is 398 g/mol. The fourth-order valence-electron chi connectivity index (χ4n) is 3.78. The van der Waals surface area contributed by atoms with Crippen LogP contribution in [-0.2, 0) is 6.42 Å². The molecule has 2 aromatic rings. The lowest BCUT2D eigenvalue weighted by atomic mass is 10.0. The zero-order valence-electron chi connectivity index (χ0n) is 17.8. The van der Waals surface area contributed by atoms with Crippen LogP contribution < -0.4 is 10.6 Å². The third-order valence-corrected chi connectivity index (χ3v) is 5.34. The smallest absolute Gasteiger partial charge is 0.191 e. The molecule has 0 saturated carbocycles. The van der Waals surface area contributed by atoms with Crippen LogP contribution in [-0.4, -0.2) is 68.6 Å². The number of likely N-dealkylation sites (N-methyl/N-ethyl adjacent to an activating group) is 1. The van der Waals surface area contributed by atoms with Gasteiger partial charge in [0.05, 0.1) is 6.26 Å². The van der Waals surface area contributed by atoms with Crippen molar-refractivity contribution in [3.05, 3.63) is 60.1 Å². The molecule has 0 bridgehead atoms. The fourth-order valence-corrected chi connectivity index (χ4v) is 3.78. The summed E-state index contributed by atoms with van der Waals surface area (Å²) in [6.07, 6.45) is 3.63. The SMILES string of the molecule is CCNC(=NCCCN1CCN(C)CC1c1ccccc1)NCCc1ccco1. The molecule has 0 radical (unpaired) electrons. The number of piperazine rings is 1. The number of hydrogen-bond acceptors (Lipinski definition) is 4. The Hall–Kier alpha value is -2.31. The molecule has 1 saturated heterocycles. The highest BCUT2D eigenvalue weighted by molar-refractivity contribution is 5.79. The van der Waals surface area contributed by atoms with E-state index in [1.165, 1.54) is 5.56 Å². The van der Waals surface area contributed by atoms with Crippen LogP contribution in [0.25, 0.3) is 0 Å². The van der Waals surface area contributed by atoms with E-state index in [1.54, 1.807) is 6.26 Å². The van der Waals surface area contributed by atoms with Crippen molar-refractivity contribution in [2.45, 2.75) is 25.8 Å². The first-order valence-corrected chi connectivity index (χ1v) is 10.8. The van der Waals surface area contributed by atoms with Crippen LogP contribution in [0.15, 0.2) is 58.1 Å². The van der Waals surface area contributed by atoms with Gasteiger partial charge in [-0.05, 0) is 38.1 Å². The highest BCUT2D eigenvalue weighted by Gasteiger charge is 2.25. The summed E-state index contributed by atoms with van der Waals surface area (Å²) < 4.78 is 5.39. The minimum Gasteiger partial charge on any atom is -0.469 e. The molecule has 0 spiro atoms. The van der Waals surface area contributed by atoms with Gasteiger partial charge in [-0.2, -0.15) is 0 Å². The molecule has 2 heterocycles. The van der Waals surface area contributed by atoms with E-state index in [0.29, 0.717) is 6.04 Å². The number of furan rings is 1. The van der Waals surface area contributed by atoms with Gasteiger partial charge in [0, 0.05) is 58.3 Å². The largest absolute Gasteiger partial charge is 0.469 e. The number of guanidine groups is 1. The van der Waals surface area contributed by atoms with Gasteiger partial charge in [0.1, 0.15) is 5.76 Å². The molecule has 6 nitrogen and oxygen atoms in total. The second-order valence-corrected chi connectivity index (χ2v) is 7.60. The van der Waals surface area contributed by atoms with Crippen molar-refractivity contribution in [3.63, 3.8) is 0 Å². The Morgan fingerprint density at radius 2 is 2.00 bits per heavy atom. The van der Waals surface area contributed by atoms with E-state index in [2.05, 4.69) is 64.7 Å². The summed E-state index contributed by atoms with van der Waals surface area (Å²) in [6.45, 7) is 9.00. The van der Waals surface area contributed by atoms with Gasteiger partial charge in [0.2, 0.25) is 0 Å². The number of nitrogens with zero attached hydrogens (tertiary/aromatic N) is 3. The summed E-state index contributed by atoms with van der Waals surface area (Å²) in [6, 6.07) is 15.3. The van der Waals surface area contributed by atoms with Gasteiger partial charge in [-0.25, -0.2) is 0 Å². The monoisotopic (exact) mass is 397 g/mol. The summed E-state index contributed by atoms with van der Waals surface area (Å²) in [7, 11) is 2.22. The van der Waals surface area contributed by atoms with Crippen LogP contribution in [0.5, 0.6) is 0 Å². The zero-order chi connectivity index (χ0) is 20.3. The maximum Gasteiger partial charge on any atom is 0.191 e. The van der Waals surface area contributed by atoms with E-state index in [0.717, 1.165) is 70.4 Å². The van der Waals surface area contributed by atoms with E-state index in [-0.39, 0.29) is 0 Å². The van der Waals surface area contributed by atoms with Crippen molar-refractivity contribution >= 4 is 5.96 Å². The summed E-state index contributed by atoms with van der Waals surface area (Å²) in [5.74, 6) is 1.88. The standard InChI is InChI=1S/C23H35N5O/c1-3-24-23(26-14-12-21-11-7-18-29-21)25-13-8-15-28-17-16-27(2)19-22(28)20-9-5-4-6-10-20/h4-7,9-11,18,22H,3,8,12-17,19H2,1-2H3,(H2,24,25,26). The minimum atomic E-state index is 0.471. The molecule has 3 rings (SSSR count). The Morgan fingerprint density at radius 1 is 1.14 bits per heavy atom. The molecular formula is C23H35N5O. The predicted octanol–water partition coefficient (Wildman–Crippen LogP) is 2.76. The van der Waals surface area contributed by atoms with Crippen LogP contribution in [0.4, 0.5) is 0 Å². The van der Waals surface area contributed by atoms with Crippen LogP contribution in [0, 0.1) is 0 Å². The lowest BCUT2D eigenvalue weighted by Gasteiger charge is -2.40. The lowest BCUT2D eigenvalue weighted by Crippen LogP contribution is -2.47. The first-order chi connectivity index (χ1) is 14.3. The molecule has 1 aliphatic heterocycles. The molecule has 1 unspecified atom stereocenters. The molecule has 1 aromatic carbocycles. The molecule has 1 atom stereocenters. The Morgan fingerprint density at radius 3 is 2.76 bits per heavy atom. The summed E-state index contributed by atoms with van der Waals surface area (Å²) >= 11 is 0. The van der Waals surface area contributed by atoms with Crippen molar-refractivity contribution < 1.29 is 4.42 Å². The number of rotatable bonds is 9. The normalized spacial score (nSPS) is 18.7. The van der Waals surface area contributed by atoms with Gasteiger partial charge in [-0.1, -0.05) is 30.3 Å². The first-order valence-electron chi connectivity index (χ1n) is 10.8. The van der Waals surface area contributed by atoms with Crippen LogP contribution in [0.3, 0.4) is 0 Å². The van der Waals surface area contributed by atoms with Crippen molar-refractivity contribution in [2.75, 3.05) is 52.9 Å². The molecule has 6 heteroatoms. The van der Waals surface area contributed by atoms with Gasteiger partial charge >= 0.3 is 0 Å². The van der Waals surface area contributed by atoms with Crippen molar-refractivity contribution in [1.82, 2.24) is 20.4 Å². The highest BCUT2D eigenvalue weighted by Crippen LogP contribution is 2.24.